The molecule has 0 aliphatic heterocycles. The van der Waals surface area contributed by atoms with Crippen LogP contribution in [0.2, 0.25) is 0 Å². The van der Waals surface area contributed by atoms with Gasteiger partial charge in [-0.25, -0.2) is 4.98 Å². The molecule has 0 atom stereocenters. The quantitative estimate of drug-likeness (QED) is 0.699. The molecule has 19 heavy (non-hydrogen) atoms. The predicted molar refractivity (Wildman–Crippen MR) is 77.0 cm³/mol. The number of fused-ring (bicyclic) bond motifs is 1. The van der Waals surface area contributed by atoms with Gasteiger partial charge in [-0.05, 0) is 36.8 Å². The van der Waals surface area contributed by atoms with Crippen molar-refractivity contribution in [1.82, 2.24) is 4.98 Å². The highest BCUT2D eigenvalue weighted by molar-refractivity contribution is 5.78. The maximum absolute atomic E-state index is 5.72. The molecule has 1 heterocycles. The van der Waals surface area contributed by atoms with Gasteiger partial charge < -0.3 is 4.74 Å². The minimum absolute atomic E-state index is 0.467. The van der Waals surface area contributed by atoms with Gasteiger partial charge >= 0.3 is 0 Å². The van der Waals surface area contributed by atoms with Crippen molar-refractivity contribution in [2.75, 3.05) is 0 Å². The van der Waals surface area contributed by atoms with E-state index < -0.39 is 0 Å². The lowest BCUT2D eigenvalue weighted by Crippen LogP contribution is -1.98. The molecule has 0 amide bonds. The van der Waals surface area contributed by atoms with E-state index >= 15 is 0 Å². The van der Waals surface area contributed by atoms with Gasteiger partial charge in [-0.1, -0.05) is 36.4 Å². The number of para-hydroxylation sites is 1. The number of hydrogen-bond acceptors (Lipinski definition) is 2. The molecular weight excluding hydrogens is 234 g/mol. The van der Waals surface area contributed by atoms with Gasteiger partial charge in [0.05, 0.1) is 11.2 Å². The fraction of sp³-hybridized carbons (Fsp3) is 0.0588. The highest BCUT2D eigenvalue weighted by Crippen LogP contribution is 2.16. The molecule has 2 aromatic carbocycles. The summed E-state index contributed by atoms with van der Waals surface area (Å²) >= 11 is 0. The average Bonchev–Trinajstić information content (AvgIpc) is 2.45. The lowest BCUT2D eigenvalue weighted by molar-refractivity contribution is 0.301. The van der Waals surface area contributed by atoms with Crippen molar-refractivity contribution in [3.8, 4) is 5.75 Å². The molecule has 0 saturated carbocycles. The molecule has 0 fully saturated rings. The Morgan fingerprint density at radius 1 is 0.947 bits per heavy atom. The van der Waals surface area contributed by atoms with Crippen molar-refractivity contribution in [2.45, 2.75) is 6.61 Å². The third-order valence-corrected chi connectivity index (χ3v) is 2.94. The maximum Gasteiger partial charge on any atom is 0.130 e. The van der Waals surface area contributed by atoms with Crippen LogP contribution in [0.5, 0.6) is 5.75 Å². The van der Waals surface area contributed by atoms with Gasteiger partial charge in [0, 0.05) is 5.39 Å². The molecule has 0 saturated heterocycles. The van der Waals surface area contributed by atoms with Crippen LogP contribution in [0.3, 0.4) is 0 Å². The van der Waals surface area contributed by atoms with Crippen molar-refractivity contribution < 1.29 is 4.74 Å². The van der Waals surface area contributed by atoms with Crippen LogP contribution in [0, 0.1) is 6.92 Å². The summed E-state index contributed by atoms with van der Waals surface area (Å²) < 4.78 is 5.72. The molecule has 0 bridgehead atoms. The van der Waals surface area contributed by atoms with Gasteiger partial charge in [-0.2, -0.15) is 0 Å². The van der Waals surface area contributed by atoms with Crippen molar-refractivity contribution in [2.24, 2.45) is 0 Å². The molecule has 3 rings (SSSR count). The second-order valence-corrected chi connectivity index (χ2v) is 4.43. The number of aromatic nitrogens is 1. The van der Waals surface area contributed by atoms with Crippen molar-refractivity contribution in [3.63, 3.8) is 0 Å². The molecule has 2 nitrogen and oxygen atoms in total. The highest BCUT2D eigenvalue weighted by Gasteiger charge is 1.99. The summed E-state index contributed by atoms with van der Waals surface area (Å²) in [6, 6.07) is 19.9. The van der Waals surface area contributed by atoms with Crippen LogP contribution in [0.15, 0.2) is 60.7 Å². The van der Waals surface area contributed by atoms with Crippen LogP contribution >= 0.6 is 0 Å². The third kappa shape index (κ3) is 2.74. The fourth-order valence-electron chi connectivity index (χ4n) is 1.98. The van der Waals surface area contributed by atoms with Gasteiger partial charge in [0.25, 0.3) is 0 Å². The number of rotatable bonds is 3. The Hall–Kier alpha value is -2.35. The summed E-state index contributed by atoms with van der Waals surface area (Å²) in [7, 11) is 0. The Balaban J connectivity index is 1.78. The van der Waals surface area contributed by atoms with Gasteiger partial charge in [0.2, 0.25) is 0 Å². The van der Waals surface area contributed by atoms with Crippen molar-refractivity contribution >= 4 is 10.9 Å². The first kappa shape index (κ1) is 11.7. The summed E-state index contributed by atoms with van der Waals surface area (Å²) in [5.41, 5.74) is 2.87. The molecular formula is C17H14NO. The van der Waals surface area contributed by atoms with Crippen LogP contribution in [-0.4, -0.2) is 4.98 Å². The lowest BCUT2D eigenvalue weighted by atomic mass is 10.2. The van der Waals surface area contributed by atoms with E-state index in [9.17, 15) is 0 Å². The molecule has 3 aromatic rings. The molecule has 1 aromatic heterocycles. The number of hydrogen-bond donors (Lipinski definition) is 0. The summed E-state index contributed by atoms with van der Waals surface area (Å²) in [6.45, 7) is 4.35. The van der Waals surface area contributed by atoms with Crippen LogP contribution in [0.1, 0.15) is 11.3 Å². The Morgan fingerprint density at radius 2 is 1.84 bits per heavy atom. The molecule has 0 spiro atoms. The maximum atomic E-state index is 5.72. The van der Waals surface area contributed by atoms with E-state index in [0.29, 0.717) is 6.61 Å². The largest absolute Gasteiger partial charge is 0.487 e. The van der Waals surface area contributed by atoms with E-state index in [1.54, 1.807) is 0 Å². The lowest BCUT2D eigenvalue weighted by Gasteiger charge is -2.07. The second kappa shape index (κ2) is 5.11. The van der Waals surface area contributed by atoms with E-state index in [0.717, 1.165) is 27.9 Å². The Kier molecular flexibility index (Phi) is 3.15. The molecule has 2 heteroatoms. The molecule has 0 N–H and O–H groups in total. The first-order valence-corrected chi connectivity index (χ1v) is 6.21. The van der Waals surface area contributed by atoms with Crippen LogP contribution in [-0.2, 0) is 6.61 Å². The minimum Gasteiger partial charge on any atom is -0.487 e. The van der Waals surface area contributed by atoms with Crippen LogP contribution in [0.4, 0.5) is 0 Å². The molecule has 1 radical (unpaired) electrons. The van der Waals surface area contributed by atoms with E-state index in [1.807, 2.05) is 48.5 Å². The van der Waals surface area contributed by atoms with E-state index in [-0.39, 0.29) is 0 Å². The Bertz CT molecular complexity index is 706. The standard InChI is InChI=1S/C17H14NO/c1-13-5-4-7-16(11-13)19-12-15-10-9-14-6-2-3-8-17(14)18-15/h2-11H,1,12H2. The average molecular weight is 248 g/mol. The Morgan fingerprint density at radius 3 is 2.74 bits per heavy atom. The first-order valence-electron chi connectivity index (χ1n) is 6.21. The summed E-state index contributed by atoms with van der Waals surface area (Å²) in [6.07, 6.45) is 0. The predicted octanol–water partition coefficient (Wildman–Crippen LogP) is 4.00. The summed E-state index contributed by atoms with van der Waals surface area (Å²) in [4.78, 5) is 4.57. The van der Waals surface area contributed by atoms with E-state index in [2.05, 4.69) is 24.0 Å². The third-order valence-electron chi connectivity index (χ3n) is 2.94. The first-order chi connectivity index (χ1) is 9.31. The van der Waals surface area contributed by atoms with Gasteiger partial charge in [0.15, 0.2) is 0 Å². The smallest absolute Gasteiger partial charge is 0.130 e. The normalized spacial score (nSPS) is 10.6. The van der Waals surface area contributed by atoms with Crippen LogP contribution < -0.4 is 4.74 Å². The second-order valence-electron chi connectivity index (χ2n) is 4.43. The van der Waals surface area contributed by atoms with Gasteiger partial charge in [-0.3, -0.25) is 0 Å². The Labute approximate surface area is 112 Å². The van der Waals surface area contributed by atoms with Crippen molar-refractivity contribution in [1.29, 1.82) is 0 Å². The van der Waals surface area contributed by atoms with E-state index in [1.165, 1.54) is 0 Å². The fourth-order valence-corrected chi connectivity index (χ4v) is 1.98. The van der Waals surface area contributed by atoms with Crippen molar-refractivity contribution in [3.05, 3.63) is 78.8 Å². The zero-order valence-electron chi connectivity index (χ0n) is 10.5. The van der Waals surface area contributed by atoms with Gasteiger partial charge in [-0.15, -0.1) is 0 Å². The van der Waals surface area contributed by atoms with Gasteiger partial charge in [0.1, 0.15) is 12.4 Å². The highest BCUT2D eigenvalue weighted by atomic mass is 16.5. The zero-order chi connectivity index (χ0) is 13.1. The SMILES string of the molecule is [CH2]c1cccc(OCc2ccc3ccccc3n2)c1. The summed E-state index contributed by atoms with van der Waals surface area (Å²) in [5.74, 6) is 0.822. The molecule has 0 aliphatic rings. The number of benzene rings is 2. The van der Waals surface area contributed by atoms with E-state index in [4.69, 9.17) is 4.74 Å². The molecule has 93 valence electrons. The molecule has 0 aliphatic carbocycles. The zero-order valence-corrected chi connectivity index (χ0v) is 10.5. The van der Waals surface area contributed by atoms with Crippen LogP contribution in [0.25, 0.3) is 10.9 Å². The number of pyridine rings is 1. The topological polar surface area (TPSA) is 22.1 Å². The monoisotopic (exact) mass is 248 g/mol. The molecule has 0 unspecified atom stereocenters. The number of nitrogens with zero attached hydrogens (tertiary/aromatic N) is 1. The summed E-state index contributed by atoms with van der Waals surface area (Å²) in [5, 5.41) is 1.14. The minimum atomic E-state index is 0.467. The number of ether oxygens (including phenoxy) is 1.